The van der Waals surface area contributed by atoms with E-state index >= 15 is 0 Å². The summed E-state index contributed by atoms with van der Waals surface area (Å²) < 4.78 is 5.84. The molecule has 4 heteroatoms. The fourth-order valence-electron chi connectivity index (χ4n) is 2.08. The van der Waals surface area contributed by atoms with E-state index in [0.717, 1.165) is 11.1 Å². The zero-order chi connectivity index (χ0) is 15.6. The van der Waals surface area contributed by atoms with Gasteiger partial charge < -0.3 is 9.84 Å². The summed E-state index contributed by atoms with van der Waals surface area (Å²) in [6, 6.07) is 7.31. The number of aryl methyl sites for hydroxylation is 1. The lowest BCUT2D eigenvalue weighted by atomic mass is 9.85. The second kappa shape index (κ2) is 5.56. The highest BCUT2D eigenvalue weighted by Gasteiger charge is 2.21. The first-order valence-corrected chi connectivity index (χ1v) is 6.75. The van der Waals surface area contributed by atoms with Crippen molar-refractivity contribution in [1.82, 2.24) is 4.98 Å². The summed E-state index contributed by atoms with van der Waals surface area (Å²) in [5.74, 6) is -0.125. The fourth-order valence-corrected chi connectivity index (χ4v) is 2.08. The molecule has 1 N–H and O–H groups in total. The van der Waals surface area contributed by atoms with Crippen molar-refractivity contribution in [1.29, 1.82) is 0 Å². The SMILES string of the molecule is Cc1ccc(Oc2cnccc2C(=O)O)c(C(C)(C)C)c1. The van der Waals surface area contributed by atoms with Crippen LogP contribution in [0.15, 0.2) is 36.7 Å². The monoisotopic (exact) mass is 285 g/mol. The first-order valence-electron chi connectivity index (χ1n) is 6.75. The Hall–Kier alpha value is -2.36. The van der Waals surface area contributed by atoms with Crippen molar-refractivity contribution in [3.63, 3.8) is 0 Å². The maximum Gasteiger partial charge on any atom is 0.339 e. The highest BCUT2D eigenvalue weighted by molar-refractivity contribution is 5.90. The third-order valence-corrected chi connectivity index (χ3v) is 3.18. The van der Waals surface area contributed by atoms with Gasteiger partial charge in [-0.1, -0.05) is 38.5 Å². The molecule has 0 fully saturated rings. The number of carboxylic acids is 1. The van der Waals surface area contributed by atoms with Crippen LogP contribution in [0.4, 0.5) is 0 Å². The molecule has 2 rings (SSSR count). The van der Waals surface area contributed by atoms with Gasteiger partial charge in [0, 0.05) is 11.8 Å². The smallest absolute Gasteiger partial charge is 0.339 e. The molecule has 0 saturated carbocycles. The van der Waals surface area contributed by atoms with Crippen LogP contribution in [-0.2, 0) is 5.41 Å². The van der Waals surface area contributed by atoms with Crippen molar-refractivity contribution < 1.29 is 14.6 Å². The van der Waals surface area contributed by atoms with Crippen LogP contribution in [0, 0.1) is 6.92 Å². The molecule has 1 heterocycles. The molecule has 0 bridgehead atoms. The van der Waals surface area contributed by atoms with Gasteiger partial charge in [0.05, 0.1) is 6.20 Å². The van der Waals surface area contributed by atoms with Crippen molar-refractivity contribution in [3.8, 4) is 11.5 Å². The number of carboxylic acid groups (broad SMARTS) is 1. The van der Waals surface area contributed by atoms with E-state index < -0.39 is 5.97 Å². The minimum atomic E-state index is -1.03. The lowest BCUT2D eigenvalue weighted by Gasteiger charge is -2.23. The summed E-state index contributed by atoms with van der Waals surface area (Å²) in [4.78, 5) is 15.2. The number of pyridine rings is 1. The normalized spacial score (nSPS) is 11.2. The van der Waals surface area contributed by atoms with E-state index in [1.807, 2.05) is 19.1 Å². The molecule has 0 amide bonds. The summed E-state index contributed by atoms with van der Waals surface area (Å²) in [5.41, 5.74) is 2.16. The fraction of sp³-hybridized carbons (Fsp3) is 0.294. The number of carbonyl (C=O) groups is 1. The van der Waals surface area contributed by atoms with E-state index in [-0.39, 0.29) is 16.7 Å². The van der Waals surface area contributed by atoms with E-state index in [0.29, 0.717) is 5.75 Å². The molecule has 0 aliphatic carbocycles. The Kier molecular flexibility index (Phi) is 3.98. The molecule has 1 aromatic carbocycles. The molecule has 2 aromatic rings. The van der Waals surface area contributed by atoms with E-state index in [1.165, 1.54) is 18.5 Å². The van der Waals surface area contributed by atoms with Crippen molar-refractivity contribution in [2.24, 2.45) is 0 Å². The van der Waals surface area contributed by atoms with Crippen LogP contribution >= 0.6 is 0 Å². The van der Waals surface area contributed by atoms with Gasteiger partial charge in [0.2, 0.25) is 0 Å². The average molecular weight is 285 g/mol. The van der Waals surface area contributed by atoms with Crippen LogP contribution in [0.1, 0.15) is 42.3 Å². The third kappa shape index (κ3) is 3.40. The molecule has 110 valence electrons. The topological polar surface area (TPSA) is 59.4 Å². The number of aromatic nitrogens is 1. The molecular formula is C17H19NO3. The molecule has 0 atom stereocenters. The highest BCUT2D eigenvalue weighted by Crippen LogP contribution is 2.35. The van der Waals surface area contributed by atoms with Gasteiger partial charge in [-0.25, -0.2) is 4.79 Å². The number of nitrogens with zero attached hydrogens (tertiary/aromatic N) is 1. The van der Waals surface area contributed by atoms with E-state index in [2.05, 4.69) is 31.8 Å². The number of benzene rings is 1. The van der Waals surface area contributed by atoms with E-state index in [9.17, 15) is 9.90 Å². The Labute approximate surface area is 124 Å². The molecule has 21 heavy (non-hydrogen) atoms. The molecule has 0 aliphatic rings. The molecule has 4 nitrogen and oxygen atoms in total. The predicted molar refractivity (Wildman–Crippen MR) is 81.1 cm³/mol. The number of rotatable bonds is 3. The Morgan fingerprint density at radius 1 is 1.19 bits per heavy atom. The first kappa shape index (κ1) is 15.0. The van der Waals surface area contributed by atoms with Gasteiger partial charge in [0.15, 0.2) is 5.75 Å². The highest BCUT2D eigenvalue weighted by atomic mass is 16.5. The van der Waals surface area contributed by atoms with Crippen LogP contribution < -0.4 is 4.74 Å². The van der Waals surface area contributed by atoms with Crippen molar-refractivity contribution in [2.45, 2.75) is 33.1 Å². The molecule has 1 aromatic heterocycles. The Bertz CT molecular complexity index is 672. The molecule has 0 saturated heterocycles. The summed E-state index contributed by atoms with van der Waals surface area (Å²) in [5, 5.41) is 9.21. The molecule has 0 spiro atoms. The van der Waals surface area contributed by atoms with Crippen molar-refractivity contribution in [3.05, 3.63) is 53.3 Å². The second-order valence-electron chi connectivity index (χ2n) is 6.03. The summed E-state index contributed by atoms with van der Waals surface area (Å²) in [6.07, 6.45) is 2.87. The predicted octanol–water partition coefficient (Wildman–Crippen LogP) is 4.18. The van der Waals surface area contributed by atoms with Gasteiger partial charge in [-0.05, 0) is 24.5 Å². The largest absolute Gasteiger partial charge is 0.478 e. The Morgan fingerprint density at radius 3 is 2.52 bits per heavy atom. The minimum absolute atomic E-state index is 0.102. The number of aromatic carboxylic acids is 1. The number of hydrogen-bond acceptors (Lipinski definition) is 3. The van der Waals surface area contributed by atoms with Gasteiger partial charge in [-0.3, -0.25) is 4.98 Å². The Balaban J connectivity index is 2.48. The van der Waals surface area contributed by atoms with Crippen LogP contribution in [-0.4, -0.2) is 16.1 Å². The number of hydrogen-bond donors (Lipinski definition) is 1. The third-order valence-electron chi connectivity index (χ3n) is 3.18. The first-order chi connectivity index (χ1) is 9.79. The zero-order valence-corrected chi connectivity index (χ0v) is 12.7. The second-order valence-corrected chi connectivity index (χ2v) is 6.03. The Morgan fingerprint density at radius 2 is 1.90 bits per heavy atom. The van der Waals surface area contributed by atoms with Gasteiger partial charge >= 0.3 is 5.97 Å². The zero-order valence-electron chi connectivity index (χ0n) is 12.7. The van der Waals surface area contributed by atoms with Crippen molar-refractivity contribution in [2.75, 3.05) is 0 Å². The molecule has 0 aliphatic heterocycles. The van der Waals surface area contributed by atoms with E-state index in [4.69, 9.17) is 4.74 Å². The molecule has 0 radical (unpaired) electrons. The minimum Gasteiger partial charge on any atom is -0.478 e. The average Bonchev–Trinajstić information content (AvgIpc) is 2.40. The lowest BCUT2D eigenvalue weighted by Crippen LogP contribution is -2.13. The van der Waals surface area contributed by atoms with Crippen LogP contribution in [0.5, 0.6) is 11.5 Å². The maximum atomic E-state index is 11.2. The van der Waals surface area contributed by atoms with Gasteiger partial charge in [0.25, 0.3) is 0 Å². The van der Waals surface area contributed by atoms with Gasteiger partial charge in [-0.2, -0.15) is 0 Å². The maximum absolute atomic E-state index is 11.2. The van der Waals surface area contributed by atoms with Crippen LogP contribution in [0.2, 0.25) is 0 Å². The lowest BCUT2D eigenvalue weighted by molar-refractivity contribution is 0.0694. The van der Waals surface area contributed by atoms with E-state index in [1.54, 1.807) is 0 Å². The summed E-state index contributed by atoms with van der Waals surface area (Å²) in [6.45, 7) is 8.30. The summed E-state index contributed by atoms with van der Waals surface area (Å²) >= 11 is 0. The summed E-state index contributed by atoms with van der Waals surface area (Å²) in [7, 11) is 0. The quantitative estimate of drug-likeness (QED) is 0.919. The van der Waals surface area contributed by atoms with Crippen molar-refractivity contribution >= 4 is 5.97 Å². The van der Waals surface area contributed by atoms with Gasteiger partial charge in [-0.15, -0.1) is 0 Å². The van der Waals surface area contributed by atoms with Crippen LogP contribution in [0.3, 0.4) is 0 Å². The molecular weight excluding hydrogens is 266 g/mol. The molecule has 0 unspecified atom stereocenters. The van der Waals surface area contributed by atoms with Crippen LogP contribution in [0.25, 0.3) is 0 Å². The van der Waals surface area contributed by atoms with Gasteiger partial charge in [0.1, 0.15) is 11.3 Å². The number of ether oxygens (including phenoxy) is 1. The standard InChI is InChI=1S/C17H19NO3/c1-11-5-6-14(13(9-11)17(2,3)4)21-15-10-18-8-7-12(15)16(19)20/h5-10H,1-4H3,(H,19,20).